The van der Waals surface area contributed by atoms with Gasteiger partial charge in [-0.2, -0.15) is 5.10 Å². The van der Waals surface area contributed by atoms with Crippen LogP contribution in [0.3, 0.4) is 0 Å². The Kier molecular flexibility index (Phi) is 5.51. The maximum atomic E-state index is 12.0. The van der Waals surface area contributed by atoms with Gasteiger partial charge in [0.2, 0.25) is 5.91 Å². The van der Waals surface area contributed by atoms with Gasteiger partial charge in [0.05, 0.1) is 17.9 Å². The molecule has 1 N–H and O–H groups in total. The lowest BCUT2D eigenvalue weighted by molar-refractivity contribution is -0.121. The highest BCUT2D eigenvalue weighted by Gasteiger charge is 2.18. The number of halogens is 1. The number of hydrogen-bond acceptors (Lipinski definition) is 3. The summed E-state index contributed by atoms with van der Waals surface area (Å²) in [7, 11) is 0. The van der Waals surface area contributed by atoms with E-state index < -0.39 is 0 Å². The van der Waals surface area contributed by atoms with Gasteiger partial charge in [-0.05, 0) is 29.5 Å². The summed E-state index contributed by atoms with van der Waals surface area (Å²) in [6.07, 6.45) is 1.31. The van der Waals surface area contributed by atoms with E-state index in [2.05, 4.69) is 55.5 Å². The molecule has 2 heterocycles. The minimum absolute atomic E-state index is 0.0171. The van der Waals surface area contributed by atoms with Crippen molar-refractivity contribution in [2.24, 2.45) is 0 Å². The lowest BCUT2D eigenvalue weighted by Crippen LogP contribution is -2.23. The van der Waals surface area contributed by atoms with Crippen LogP contribution in [0.15, 0.2) is 36.4 Å². The summed E-state index contributed by atoms with van der Waals surface area (Å²) in [6.45, 7) is 8.90. The van der Waals surface area contributed by atoms with Crippen LogP contribution in [0.25, 0.3) is 16.9 Å². The maximum absolute atomic E-state index is 12.0. The molecule has 0 bridgehead atoms. The number of aromatic nitrogens is 3. The monoisotopic (exact) mass is 384 g/mol. The van der Waals surface area contributed by atoms with Crippen molar-refractivity contribution in [3.63, 3.8) is 0 Å². The third kappa shape index (κ3) is 4.30. The van der Waals surface area contributed by atoms with Gasteiger partial charge >= 0.3 is 0 Å². The van der Waals surface area contributed by atoms with Crippen LogP contribution in [0.4, 0.5) is 0 Å². The number of carbonyl (C=O) groups is 1. The van der Waals surface area contributed by atoms with Crippen LogP contribution in [0.1, 0.15) is 51.8 Å². The van der Waals surface area contributed by atoms with Crippen LogP contribution in [-0.2, 0) is 16.8 Å². The average molecular weight is 385 g/mol. The maximum Gasteiger partial charge on any atom is 0.220 e. The Morgan fingerprint density at radius 1 is 1.15 bits per heavy atom. The molecule has 0 saturated heterocycles. The van der Waals surface area contributed by atoms with Crippen molar-refractivity contribution in [1.82, 2.24) is 19.9 Å². The predicted octanol–water partition coefficient (Wildman–Crippen LogP) is 4.76. The summed E-state index contributed by atoms with van der Waals surface area (Å²) < 4.78 is 1.71. The van der Waals surface area contributed by atoms with E-state index in [0.717, 1.165) is 23.4 Å². The van der Waals surface area contributed by atoms with Crippen LogP contribution >= 0.6 is 11.6 Å². The number of imidazole rings is 1. The summed E-state index contributed by atoms with van der Waals surface area (Å²) >= 11 is 6.08. The molecule has 0 fully saturated rings. The van der Waals surface area contributed by atoms with Gasteiger partial charge in [-0.25, -0.2) is 9.50 Å². The van der Waals surface area contributed by atoms with E-state index >= 15 is 0 Å². The largest absolute Gasteiger partial charge is 0.350 e. The Labute approximate surface area is 164 Å². The smallest absolute Gasteiger partial charge is 0.220 e. The standard InChI is InChI=1S/C21H25ClN4O/c1-5-6-19(27)23-13-16-20(24-18-12-11-17(22)25-26(16)18)14-7-9-15(10-8-14)21(2,3)4/h7-12H,5-6,13H2,1-4H3,(H,23,27). The van der Waals surface area contributed by atoms with E-state index in [1.807, 2.05) is 13.0 Å². The molecule has 27 heavy (non-hydrogen) atoms. The van der Waals surface area contributed by atoms with Crippen molar-refractivity contribution >= 4 is 23.2 Å². The summed E-state index contributed by atoms with van der Waals surface area (Å²) in [6, 6.07) is 11.9. The van der Waals surface area contributed by atoms with E-state index in [4.69, 9.17) is 16.6 Å². The topological polar surface area (TPSA) is 59.3 Å². The Hall–Kier alpha value is -2.40. The van der Waals surface area contributed by atoms with Crippen molar-refractivity contribution in [1.29, 1.82) is 0 Å². The molecular weight excluding hydrogens is 360 g/mol. The molecule has 0 spiro atoms. The molecule has 1 aromatic carbocycles. The molecule has 5 nitrogen and oxygen atoms in total. The Morgan fingerprint density at radius 2 is 1.85 bits per heavy atom. The van der Waals surface area contributed by atoms with Crippen molar-refractivity contribution in [2.45, 2.75) is 52.5 Å². The third-order valence-corrected chi connectivity index (χ3v) is 4.69. The average Bonchev–Trinajstić information content (AvgIpc) is 2.97. The lowest BCUT2D eigenvalue weighted by Gasteiger charge is -2.19. The summed E-state index contributed by atoms with van der Waals surface area (Å²) in [5, 5.41) is 7.72. The molecule has 2 aromatic heterocycles. The fourth-order valence-electron chi connectivity index (χ4n) is 2.97. The first-order chi connectivity index (χ1) is 12.8. The van der Waals surface area contributed by atoms with Gasteiger partial charge in [0, 0.05) is 12.0 Å². The first-order valence-electron chi connectivity index (χ1n) is 9.21. The van der Waals surface area contributed by atoms with Gasteiger partial charge < -0.3 is 5.32 Å². The second kappa shape index (κ2) is 7.69. The molecule has 0 atom stereocenters. The number of nitrogens with zero attached hydrogens (tertiary/aromatic N) is 3. The number of amides is 1. The minimum atomic E-state index is 0.0171. The van der Waals surface area contributed by atoms with Crippen molar-refractivity contribution in [3.8, 4) is 11.3 Å². The van der Waals surface area contributed by atoms with Crippen LogP contribution in [-0.4, -0.2) is 20.5 Å². The molecule has 3 rings (SSSR count). The summed E-state index contributed by atoms with van der Waals surface area (Å²) in [4.78, 5) is 16.7. The number of benzene rings is 1. The zero-order valence-electron chi connectivity index (χ0n) is 16.2. The Balaban J connectivity index is 2.03. The minimum Gasteiger partial charge on any atom is -0.350 e. The molecule has 0 unspecified atom stereocenters. The van der Waals surface area contributed by atoms with Gasteiger partial charge in [-0.1, -0.05) is 63.6 Å². The van der Waals surface area contributed by atoms with E-state index in [0.29, 0.717) is 23.8 Å². The Morgan fingerprint density at radius 3 is 2.48 bits per heavy atom. The molecule has 142 valence electrons. The summed E-state index contributed by atoms with van der Waals surface area (Å²) in [5.74, 6) is 0.0171. The van der Waals surface area contributed by atoms with Crippen molar-refractivity contribution in [2.75, 3.05) is 0 Å². The van der Waals surface area contributed by atoms with Crippen molar-refractivity contribution in [3.05, 3.63) is 52.8 Å². The molecule has 0 saturated carbocycles. The Bertz CT molecular complexity index is 955. The third-order valence-electron chi connectivity index (χ3n) is 4.49. The number of hydrogen-bond donors (Lipinski definition) is 1. The van der Waals surface area contributed by atoms with E-state index in [-0.39, 0.29) is 11.3 Å². The number of nitrogens with one attached hydrogen (secondary N) is 1. The zero-order valence-corrected chi connectivity index (χ0v) is 17.0. The first kappa shape index (κ1) is 19.4. The van der Waals surface area contributed by atoms with Crippen LogP contribution in [0.5, 0.6) is 0 Å². The van der Waals surface area contributed by atoms with E-state index in [9.17, 15) is 4.79 Å². The number of carbonyl (C=O) groups excluding carboxylic acids is 1. The van der Waals surface area contributed by atoms with Crippen LogP contribution < -0.4 is 5.32 Å². The highest BCUT2D eigenvalue weighted by molar-refractivity contribution is 6.29. The van der Waals surface area contributed by atoms with Gasteiger partial charge in [-0.3, -0.25) is 4.79 Å². The summed E-state index contributed by atoms with van der Waals surface area (Å²) in [5.41, 5.74) is 4.67. The fraction of sp³-hybridized carbons (Fsp3) is 0.381. The van der Waals surface area contributed by atoms with Crippen molar-refractivity contribution < 1.29 is 4.79 Å². The van der Waals surface area contributed by atoms with Crippen LogP contribution in [0.2, 0.25) is 5.15 Å². The van der Waals surface area contributed by atoms with Gasteiger partial charge in [0.25, 0.3) is 0 Å². The van der Waals surface area contributed by atoms with Gasteiger partial charge in [0.15, 0.2) is 5.65 Å². The molecule has 6 heteroatoms. The molecule has 0 aliphatic rings. The molecular formula is C21H25ClN4O. The zero-order chi connectivity index (χ0) is 19.6. The second-order valence-electron chi connectivity index (χ2n) is 7.69. The number of fused-ring (bicyclic) bond motifs is 1. The molecule has 0 aliphatic carbocycles. The first-order valence-corrected chi connectivity index (χ1v) is 9.59. The highest BCUT2D eigenvalue weighted by atomic mass is 35.5. The molecule has 0 radical (unpaired) electrons. The fourth-order valence-corrected chi connectivity index (χ4v) is 3.11. The van der Waals surface area contributed by atoms with Gasteiger partial charge in [-0.15, -0.1) is 0 Å². The SMILES string of the molecule is CCCC(=O)NCc1c(-c2ccc(C(C)(C)C)cc2)nc2ccc(Cl)nn12. The molecule has 1 amide bonds. The second-order valence-corrected chi connectivity index (χ2v) is 8.07. The molecule has 0 aliphatic heterocycles. The highest BCUT2D eigenvalue weighted by Crippen LogP contribution is 2.28. The van der Waals surface area contributed by atoms with E-state index in [1.54, 1.807) is 10.6 Å². The van der Waals surface area contributed by atoms with E-state index in [1.165, 1.54) is 5.56 Å². The number of rotatable bonds is 5. The normalized spacial score (nSPS) is 11.7. The van der Waals surface area contributed by atoms with Gasteiger partial charge in [0.1, 0.15) is 5.15 Å². The molecule has 3 aromatic rings. The lowest BCUT2D eigenvalue weighted by atomic mass is 9.86. The van der Waals surface area contributed by atoms with Crippen LogP contribution in [0, 0.1) is 0 Å². The quantitative estimate of drug-likeness (QED) is 0.689. The predicted molar refractivity (Wildman–Crippen MR) is 109 cm³/mol.